The number of carbonyl (C=O) groups excluding carboxylic acids is 1. The molecule has 19 heavy (non-hydrogen) atoms. The normalized spacial score (nSPS) is 23.3. The van der Waals surface area contributed by atoms with Crippen molar-refractivity contribution in [3.05, 3.63) is 35.4 Å². The van der Waals surface area contributed by atoms with E-state index >= 15 is 0 Å². The SMILES string of the molecule is NCc1ccc(CN2CCN3C(=O)NCC3C2)cc1. The van der Waals surface area contributed by atoms with Crippen LogP contribution in [0.15, 0.2) is 24.3 Å². The summed E-state index contributed by atoms with van der Waals surface area (Å²) in [4.78, 5) is 15.9. The largest absolute Gasteiger partial charge is 0.336 e. The zero-order valence-electron chi connectivity index (χ0n) is 11.0. The van der Waals surface area contributed by atoms with Crippen LogP contribution < -0.4 is 11.1 Å². The van der Waals surface area contributed by atoms with E-state index in [-0.39, 0.29) is 6.03 Å². The van der Waals surface area contributed by atoms with Gasteiger partial charge in [0, 0.05) is 39.3 Å². The average molecular weight is 260 g/mol. The van der Waals surface area contributed by atoms with Gasteiger partial charge in [-0.3, -0.25) is 4.90 Å². The third-order valence-electron chi connectivity index (χ3n) is 3.98. The number of nitrogens with one attached hydrogen (secondary N) is 1. The zero-order chi connectivity index (χ0) is 13.2. The van der Waals surface area contributed by atoms with E-state index < -0.39 is 0 Å². The maximum atomic E-state index is 11.5. The molecule has 3 N–H and O–H groups in total. The third-order valence-corrected chi connectivity index (χ3v) is 3.98. The van der Waals surface area contributed by atoms with E-state index in [0.29, 0.717) is 12.6 Å². The Hall–Kier alpha value is -1.59. The van der Waals surface area contributed by atoms with E-state index in [2.05, 4.69) is 34.5 Å². The van der Waals surface area contributed by atoms with Gasteiger partial charge in [-0.15, -0.1) is 0 Å². The van der Waals surface area contributed by atoms with Crippen LogP contribution in [0.2, 0.25) is 0 Å². The third kappa shape index (κ3) is 2.57. The Morgan fingerprint density at radius 2 is 1.95 bits per heavy atom. The van der Waals surface area contributed by atoms with Gasteiger partial charge < -0.3 is 16.0 Å². The molecule has 1 unspecified atom stereocenters. The lowest BCUT2D eigenvalue weighted by atomic mass is 10.1. The van der Waals surface area contributed by atoms with E-state index in [9.17, 15) is 4.79 Å². The van der Waals surface area contributed by atoms with E-state index in [0.717, 1.165) is 32.7 Å². The van der Waals surface area contributed by atoms with Crippen LogP contribution in [0.5, 0.6) is 0 Å². The fourth-order valence-electron chi connectivity index (χ4n) is 2.85. The molecule has 5 heteroatoms. The van der Waals surface area contributed by atoms with Gasteiger partial charge >= 0.3 is 6.03 Å². The molecule has 1 atom stereocenters. The van der Waals surface area contributed by atoms with E-state index in [1.165, 1.54) is 11.1 Å². The van der Waals surface area contributed by atoms with Gasteiger partial charge in [-0.25, -0.2) is 4.79 Å². The fraction of sp³-hybridized carbons (Fsp3) is 0.500. The average Bonchev–Trinajstić information content (AvgIpc) is 2.81. The maximum Gasteiger partial charge on any atom is 0.317 e. The van der Waals surface area contributed by atoms with E-state index in [4.69, 9.17) is 5.73 Å². The van der Waals surface area contributed by atoms with Gasteiger partial charge in [0.1, 0.15) is 0 Å². The Labute approximate surface area is 113 Å². The van der Waals surface area contributed by atoms with E-state index in [1.807, 2.05) is 4.90 Å². The van der Waals surface area contributed by atoms with Gasteiger partial charge in [0.15, 0.2) is 0 Å². The molecule has 2 saturated heterocycles. The van der Waals surface area contributed by atoms with Crippen LogP contribution in [0, 0.1) is 0 Å². The molecule has 5 nitrogen and oxygen atoms in total. The summed E-state index contributed by atoms with van der Waals surface area (Å²) < 4.78 is 0. The number of amides is 2. The van der Waals surface area contributed by atoms with E-state index in [1.54, 1.807) is 0 Å². The Balaban J connectivity index is 1.60. The highest BCUT2D eigenvalue weighted by atomic mass is 16.2. The minimum Gasteiger partial charge on any atom is -0.336 e. The number of piperazine rings is 1. The van der Waals surface area contributed by atoms with Crippen LogP contribution in [0.3, 0.4) is 0 Å². The van der Waals surface area contributed by atoms with Crippen molar-refractivity contribution >= 4 is 6.03 Å². The monoisotopic (exact) mass is 260 g/mol. The molecule has 0 spiro atoms. The minimum atomic E-state index is 0.0944. The van der Waals surface area contributed by atoms with Gasteiger partial charge in [-0.1, -0.05) is 24.3 Å². The molecular weight excluding hydrogens is 240 g/mol. The summed E-state index contributed by atoms with van der Waals surface area (Å²) in [6.07, 6.45) is 0. The summed E-state index contributed by atoms with van der Waals surface area (Å²) in [5.41, 5.74) is 8.07. The summed E-state index contributed by atoms with van der Waals surface area (Å²) >= 11 is 0. The molecular formula is C14H20N4O. The number of benzene rings is 1. The van der Waals surface area contributed by atoms with Crippen molar-refractivity contribution < 1.29 is 4.79 Å². The highest BCUT2D eigenvalue weighted by Crippen LogP contribution is 2.16. The highest BCUT2D eigenvalue weighted by molar-refractivity contribution is 5.77. The van der Waals surface area contributed by atoms with Gasteiger partial charge in [0.25, 0.3) is 0 Å². The number of hydrogen-bond donors (Lipinski definition) is 2. The lowest BCUT2D eigenvalue weighted by molar-refractivity contribution is 0.116. The van der Waals surface area contributed by atoms with Gasteiger partial charge in [0.2, 0.25) is 0 Å². The molecule has 0 aliphatic carbocycles. The summed E-state index contributed by atoms with van der Waals surface area (Å²) in [6.45, 7) is 5.05. The number of nitrogens with zero attached hydrogens (tertiary/aromatic N) is 2. The standard InChI is InChI=1S/C14H20N4O/c15-7-11-1-3-12(4-2-11)9-17-5-6-18-13(10-17)8-16-14(18)19/h1-4,13H,5-10,15H2,(H,16,19). The topological polar surface area (TPSA) is 61.6 Å². The van der Waals surface area contributed by atoms with Crippen molar-refractivity contribution in [3.63, 3.8) is 0 Å². The molecule has 2 fully saturated rings. The smallest absolute Gasteiger partial charge is 0.317 e. The minimum absolute atomic E-state index is 0.0944. The van der Waals surface area contributed by atoms with Crippen molar-refractivity contribution in [1.82, 2.24) is 15.1 Å². The van der Waals surface area contributed by atoms with Crippen molar-refractivity contribution in [2.24, 2.45) is 5.73 Å². The van der Waals surface area contributed by atoms with Gasteiger partial charge in [-0.05, 0) is 11.1 Å². The molecule has 0 bridgehead atoms. The molecule has 2 amide bonds. The number of nitrogens with two attached hydrogens (primary N) is 1. The van der Waals surface area contributed by atoms with Crippen LogP contribution in [0.4, 0.5) is 4.79 Å². The number of urea groups is 1. The zero-order valence-corrected chi connectivity index (χ0v) is 11.0. The second kappa shape index (κ2) is 5.19. The Morgan fingerprint density at radius 1 is 1.21 bits per heavy atom. The summed E-state index contributed by atoms with van der Waals surface area (Å²) in [6, 6.07) is 8.90. The molecule has 2 aliphatic heterocycles. The molecule has 0 saturated carbocycles. The first-order valence-corrected chi connectivity index (χ1v) is 6.81. The van der Waals surface area contributed by atoms with Crippen molar-refractivity contribution in [3.8, 4) is 0 Å². The van der Waals surface area contributed by atoms with Crippen LogP contribution in [0.25, 0.3) is 0 Å². The van der Waals surface area contributed by atoms with Crippen molar-refractivity contribution in [1.29, 1.82) is 0 Å². The van der Waals surface area contributed by atoms with Crippen LogP contribution in [-0.4, -0.2) is 48.1 Å². The summed E-state index contributed by atoms with van der Waals surface area (Å²) in [7, 11) is 0. The summed E-state index contributed by atoms with van der Waals surface area (Å²) in [5, 5.41) is 2.91. The first-order valence-electron chi connectivity index (χ1n) is 6.81. The molecule has 2 aliphatic rings. The van der Waals surface area contributed by atoms with Gasteiger partial charge in [-0.2, -0.15) is 0 Å². The molecule has 2 heterocycles. The molecule has 1 aromatic rings. The Morgan fingerprint density at radius 3 is 2.68 bits per heavy atom. The van der Waals surface area contributed by atoms with Crippen LogP contribution in [-0.2, 0) is 13.1 Å². The lowest BCUT2D eigenvalue weighted by Crippen LogP contribution is -2.51. The summed E-state index contributed by atoms with van der Waals surface area (Å²) in [5.74, 6) is 0. The number of rotatable bonds is 3. The van der Waals surface area contributed by atoms with Gasteiger partial charge in [0.05, 0.1) is 6.04 Å². The van der Waals surface area contributed by atoms with Crippen molar-refractivity contribution in [2.75, 3.05) is 26.2 Å². The Bertz CT molecular complexity index is 459. The number of carbonyl (C=O) groups is 1. The molecule has 3 rings (SSSR count). The fourth-order valence-corrected chi connectivity index (χ4v) is 2.85. The predicted molar refractivity (Wildman–Crippen MR) is 73.5 cm³/mol. The second-order valence-electron chi connectivity index (χ2n) is 5.29. The first-order chi connectivity index (χ1) is 9.26. The van der Waals surface area contributed by atoms with Crippen molar-refractivity contribution in [2.45, 2.75) is 19.1 Å². The molecule has 1 aromatic carbocycles. The molecule has 0 aromatic heterocycles. The first kappa shape index (κ1) is 12.4. The lowest BCUT2D eigenvalue weighted by Gasteiger charge is -2.36. The van der Waals surface area contributed by atoms with Crippen LogP contribution >= 0.6 is 0 Å². The molecule has 0 radical (unpaired) electrons. The highest BCUT2D eigenvalue weighted by Gasteiger charge is 2.35. The second-order valence-corrected chi connectivity index (χ2v) is 5.29. The number of fused-ring (bicyclic) bond motifs is 1. The predicted octanol–water partition coefficient (Wildman–Crippen LogP) is 0.355. The molecule has 102 valence electrons. The van der Waals surface area contributed by atoms with Crippen LogP contribution in [0.1, 0.15) is 11.1 Å². The maximum absolute atomic E-state index is 11.5. The number of hydrogen-bond acceptors (Lipinski definition) is 3. The Kier molecular flexibility index (Phi) is 3.40. The quantitative estimate of drug-likeness (QED) is 0.824.